The van der Waals surface area contributed by atoms with Crippen LogP contribution in [0.25, 0.3) is 0 Å². The first kappa shape index (κ1) is 14.9. The van der Waals surface area contributed by atoms with Crippen LogP contribution in [0.15, 0.2) is 47.4 Å². The molecule has 0 aliphatic rings. The largest absolute Gasteiger partial charge is 0.388 e. The van der Waals surface area contributed by atoms with Crippen LogP contribution in [0.2, 0.25) is 0 Å². The summed E-state index contributed by atoms with van der Waals surface area (Å²) in [5.74, 6) is 0. The van der Waals surface area contributed by atoms with Crippen molar-refractivity contribution in [3.05, 3.63) is 53.6 Å². The molecule has 0 aliphatic carbocycles. The molecule has 0 saturated carbocycles. The lowest BCUT2D eigenvalue weighted by atomic mass is 10.1. The van der Waals surface area contributed by atoms with Crippen LogP contribution in [0.1, 0.15) is 11.1 Å². The van der Waals surface area contributed by atoms with Gasteiger partial charge in [-0.15, -0.1) is 0 Å². The zero-order chi connectivity index (χ0) is 15.5. The van der Waals surface area contributed by atoms with Gasteiger partial charge in [0.25, 0.3) is 10.0 Å². The zero-order valence-electron chi connectivity index (χ0n) is 11.7. The van der Waals surface area contributed by atoms with Crippen LogP contribution >= 0.6 is 0 Å². The number of anilines is 2. The molecular formula is C15H15N3O2S. The molecule has 0 unspecified atom stereocenters. The molecule has 0 heterocycles. The normalized spacial score (nSPS) is 10.7. The molecule has 0 aliphatic heterocycles. The van der Waals surface area contributed by atoms with Gasteiger partial charge in [-0.2, -0.15) is 5.26 Å². The summed E-state index contributed by atoms with van der Waals surface area (Å²) in [6.45, 7) is 1.71. The summed E-state index contributed by atoms with van der Waals surface area (Å²) in [5.41, 5.74) is 2.47. The molecule has 2 N–H and O–H groups in total. The van der Waals surface area contributed by atoms with Crippen molar-refractivity contribution < 1.29 is 8.42 Å². The minimum absolute atomic E-state index is 0.136. The molecule has 2 aromatic rings. The van der Waals surface area contributed by atoms with Gasteiger partial charge in [-0.3, -0.25) is 4.72 Å². The number of hydrogen-bond donors (Lipinski definition) is 2. The minimum atomic E-state index is -3.66. The summed E-state index contributed by atoms with van der Waals surface area (Å²) in [6.07, 6.45) is 0. The van der Waals surface area contributed by atoms with Crippen LogP contribution in [-0.4, -0.2) is 15.5 Å². The van der Waals surface area contributed by atoms with Crippen molar-refractivity contribution in [3.8, 4) is 6.07 Å². The molecule has 21 heavy (non-hydrogen) atoms. The van der Waals surface area contributed by atoms with E-state index in [1.165, 1.54) is 18.2 Å². The fourth-order valence-electron chi connectivity index (χ4n) is 1.85. The van der Waals surface area contributed by atoms with Gasteiger partial charge in [0, 0.05) is 18.4 Å². The first-order valence-corrected chi connectivity index (χ1v) is 7.76. The van der Waals surface area contributed by atoms with Crippen LogP contribution in [-0.2, 0) is 10.0 Å². The number of aryl methyl sites for hydroxylation is 1. The Kier molecular flexibility index (Phi) is 4.15. The maximum atomic E-state index is 12.3. The average Bonchev–Trinajstić information content (AvgIpc) is 2.47. The number of rotatable bonds is 4. The van der Waals surface area contributed by atoms with Crippen molar-refractivity contribution in [2.45, 2.75) is 11.8 Å². The summed E-state index contributed by atoms with van der Waals surface area (Å²) in [7, 11) is -1.87. The highest BCUT2D eigenvalue weighted by atomic mass is 32.2. The first-order valence-electron chi connectivity index (χ1n) is 6.27. The number of sulfonamides is 1. The molecule has 108 valence electrons. The van der Waals surface area contributed by atoms with E-state index < -0.39 is 10.0 Å². The lowest BCUT2D eigenvalue weighted by Crippen LogP contribution is -2.13. The Balaban J connectivity index is 2.29. The van der Waals surface area contributed by atoms with E-state index in [2.05, 4.69) is 10.0 Å². The molecule has 2 rings (SSSR count). The minimum Gasteiger partial charge on any atom is -0.388 e. The molecule has 0 bridgehead atoms. The van der Waals surface area contributed by atoms with Gasteiger partial charge >= 0.3 is 0 Å². The van der Waals surface area contributed by atoms with E-state index in [1.807, 2.05) is 6.07 Å². The maximum absolute atomic E-state index is 12.3. The van der Waals surface area contributed by atoms with E-state index in [9.17, 15) is 8.42 Å². The maximum Gasteiger partial charge on any atom is 0.261 e. The predicted molar refractivity (Wildman–Crippen MR) is 82.7 cm³/mol. The molecule has 0 atom stereocenters. The predicted octanol–water partition coefficient (Wildman–Crippen LogP) is 2.71. The summed E-state index contributed by atoms with van der Waals surface area (Å²) < 4.78 is 27.1. The van der Waals surface area contributed by atoms with Crippen molar-refractivity contribution in [3.63, 3.8) is 0 Å². The van der Waals surface area contributed by atoms with Gasteiger partial charge in [-0.05, 0) is 55.0 Å². The van der Waals surface area contributed by atoms with Gasteiger partial charge in [0.2, 0.25) is 0 Å². The molecule has 5 nitrogen and oxygen atoms in total. The smallest absolute Gasteiger partial charge is 0.261 e. The fourth-order valence-corrected chi connectivity index (χ4v) is 2.99. The molecule has 0 fully saturated rings. The number of nitriles is 1. The van der Waals surface area contributed by atoms with Gasteiger partial charge in [-0.1, -0.05) is 0 Å². The van der Waals surface area contributed by atoms with Crippen LogP contribution in [0, 0.1) is 18.3 Å². The van der Waals surface area contributed by atoms with E-state index in [-0.39, 0.29) is 4.90 Å². The van der Waals surface area contributed by atoms with Crippen molar-refractivity contribution in [2.75, 3.05) is 17.1 Å². The van der Waals surface area contributed by atoms with Crippen molar-refractivity contribution >= 4 is 21.4 Å². The van der Waals surface area contributed by atoms with Crippen LogP contribution < -0.4 is 10.0 Å². The second-order valence-electron chi connectivity index (χ2n) is 4.52. The Bertz CT molecular complexity index is 791. The van der Waals surface area contributed by atoms with Crippen LogP contribution in [0.4, 0.5) is 11.4 Å². The molecule has 2 aromatic carbocycles. The van der Waals surface area contributed by atoms with Gasteiger partial charge in [0.1, 0.15) is 0 Å². The lowest BCUT2D eigenvalue weighted by molar-refractivity contribution is 0.601. The third kappa shape index (κ3) is 3.33. The molecule has 0 radical (unpaired) electrons. The number of benzene rings is 2. The van der Waals surface area contributed by atoms with E-state index in [0.29, 0.717) is 16.8 Å². The van der Waals surface area contributed by atoms with Gasteiger partial charge in [0.05, 0.1) is 16.5 Å². The standard InChI is InChI=1S/C15H15N3O2S/c1-11-9-15(8-3-12(11)10-16)21(19,20)18-14-6-4-13(17-2)5-7-14/h3-9,17-18H,1-2H3. The molecule has 0 aromatic heterocycles. The van der Waals surface area contributed by atoms with E-state index in [4.69, 9.17) is 5.26 Å². The zero-order valence-corrected chi connectivity index (χ0v) is 12.5. The first-order chi connectivity index (χ1) is 9.96. The van der Waals surface area contributed by atoms with Crippen molar-refractivity contribution in [1.29, 1.82) is 5.26 Å². The van der Waals surface area contributed by atoms with Crippen LogP contribution in [0.5, 0.6) is 0 Å². The SMILES string of the molecule is CNc1ccc(NS(=O)(=O)c2ccc(C#N)c(C)c2)cc1. The quantitative estimate of drug-likeness (QED) is 0.909. The topological polar surface area (TPSA) is 82.0 Å². The second kappa shape index (κ2) is 5.85. The Morgan fingerprint density at radius 1 is 1.05 bits per heavy atom. The van der Waals surface area contributed by atoms with E-state index >= 15 is 0 Å². The van der Waals surface area contributed by atoms with Gasteiger partial charge < -0.3 is 5.32 Å². The van der Waals surface area contributed by atoms with Gasteiger partial charge in [0.15, 0.2) is 0 Å². The van der Waals surface area contributed by atoms with Gasteiger partial charge in [-0.25, -0.2) is 8.42 Å². The average molecular weight is 301 g/mol. The number of hydrogen-bond acceptors (Lipinski definition) is 4. The van der Waals surface area contributed by atoms with Crippen LogP contribution in [0.3, 0.4) is 0 Å². The van der Waals surface area contributed by atoms with E-state index in [1.54, 1.807) is 38.2 Å². The fraction of sp³-hybridized carbons (Fsp3) is 0.133. The summed E-state index contributed by atoms with van der Waals surface area (Å²) in [5, 5.41) is 11.8. The van der Waals surface area contributed by atoms with Crippen molar-refractivity contribution in [1.82, 2.24) is 0 Å². The molecular weight excluding hydrogens is 286 g/mol. The second-order valence-corrected chi connectivity index (χ2v) is 6.20. The Hall–Kier alpha value is -2.52. The summed E-state index contributed by atoms with van der Waals surface area (Å²) in [4.78, 5) is 0.136. The molecule has 0 amide bonds. The number of nitrogens with one attached hydrogen (secondary N) is 2. The highest BCUT2D eigenvalue weighted by molar-refractivity contribution is 7.92. The lowest BCUT2D eigenvalue weighted by Gasteiger charge is -2.10. The summed E-state index contributed by atoms with van der Waals surface area (Å²) in [6, 6.07) is 13.4. The highest BCUT2D eigenvalue weighted by Gasteiger charge is 2.15. The highest BCUT2D eigenvalue weighted by Crippen LogP contribution is 2.20. The van der Waals surface area contributed by atoms with E-state index in [0.717, 1.165) is 5.69 Å². The molecule has 0 spiro atoms. The number of nitrogens with zero attached hydrogens (tertiary/aromatic N) is 1. The Morgan fingerprint density at radius 2 is 1.67 bits per heavy atom. The monoisotopic (exact) mass is 301 g/mol. The molecule has 6 heteroatoms. The Morgan fingerprint density at radius 3 is 2.19 bits per heavy atom. The summed E-state index contributed by atoms with van der Waals surface area (Å²) >= 11 is 0. The third-order valence-electron chi connectivity index (χ3n) is 3.05. The Labute approximate surface area is 124 Å². The third-order valence-corrected chi connectivity index (χ3v) is 4.43. The van der Waals surface area contributed by atoms with Crippen molar-refractivity contribution in [2.24, 2.45) is 0 Å². The molecule has 0 saturated heterocycles.